The number of aromatic hydroxyl groups is 1. The van der Waals surface area contributed by atoms with Gasteiger partial charge in [0.05, 0.1) is 11.1 Å². The molecule has 1 aromatic carbocycles. The fourth-order valence-corrected chi connectivity index (χ4v) is 3.75. The molecule has 1 aliphatic rings. The molecule has 4 rings (SSSR count). The van der Waals surface area contributed by atoms with Crippen molar-refractivity contribution < 1.29 is 19.0 Å². The zero-order valence-corrected chi connectivity index (χ0v) is 17.9. The van der Waals surface area contributed by atoms with Crippen molar-refractivity contribution in [1.29, 1.82) is 0 Å². The molecule has 0 saturated heterocycles. The lowest BCUT2D eigenvalue weighted by molar-refractivity contribution is 0.0529. The van der Waals surface area contributed by atoms with Gasteiger partial charge >= 0.3 is 5.97 Å². The van der Waals surface area contributed by atoms with Crippen LogP contribution in [0.25, 0.3) is 5.65 Å². The van der Waals surface area contributed by atoms with Gasteiger partial charge in [-0.3, -0.25) is 0 Å². The van der Waals surface area contributed by atoms with E-state index in [4.69, 9.17) is 10.5 Å². The number of nitrogens with two attached hydrogens (primary N) is 1. The van der Waals surface area contributed by atoms with E-state index in [-0.39, 0.29) is 40.4 Å². The third kappa shape index (κ3) is 3.91. The van der Waals surface area contributed by atoms with Gasteiger partial charge in [-0.1, -0.05) is 0 Å². The lowest BCUT2D eigenvalue weighted by Crippen LogP contribution is -2.26. The SMILES string of the molecule is CCOC(=O)c1c(N)nn2ccc(N(Cc3c(O)ccc(F)c3Br)CC3CC3)nc12. The molecule has 1 aliphatic carbocycles. The van der Waals surface area contributed by atoms with Gasteiger partial charge in [-0.05, 0) is 59.8 Å². The average molecular weight is 478 g/mol. The van der Waals surface area contributed by atoms with E-state index in [0.29, 0.717) is 23.8 Å². The van der Waals surface area contributed by atoms with Crippen LogP contribution in [0, 0.1) is 11.7 Å². The summed E-state index contributed by atoms with van der Waals surface area (Å²) in [6, 6.07) is 4.29. The van der Waals surface area contributed by atoms with Crippen molar-refractivity contribution in [2.45, 2.75) is 26.3 Å². The second-order valence-electron chi connectivity index (χ2n) is 7.22. The standard InChI is InChI=1S/C20H21BrFN5O3/c1-2-30-20(29)16-18(23)25-27-8-7-15(24-19(16)27)26(9-11-3-4-11)10-12-14(28)6-5-13(22)17(12)21/h5-8,11,28H,2-4,9-10H2,1H3,(H2,23,25). The van der Waals surface area contributed by atoms with E-state index in [9.17, 15) is 14.3 Å². The van der Waals surface area contributed by atoms with Gasteiger partial charge in [0.1, 0.15) is 22.9 Å². The fraction of sp³-hybridized carbons (Fsp3) is 0.350. The first kappa shape index (κ1) is 20.4. The van der Waals surface area contributed by atoms with Crippen molar-refractivity contribution >= 4 is 39.2 Å². The van der Waals surface area contributed by atoms with Gasteiger partial charge in [0.2, 0.25) is 0 Å². The summed E-state index contributed by atoms with van der Waals surface area (Å²) < 4.78 is 20.8. The van der Waals surface area contributed by atoms with Gasteiger partial charge in [0.25, 0.3) is 0 Å². The number of esters is 1. The fourth-order valence-electron chi connectivity index (χ4n) is 3.29. The maximum absolute atomic E-state index is 14.0. The average Bonchev–Trinajstić information content (AvgIpc) is 3.47. The van der Waals surface area contributed by atoms with Gasteiger partial charge in [0.15, 0.2) is 11.5 Å². The zero-order chi connectivity index (χ0) is 21.4. The third-order valence-corrected chi connectivity index (χ3v) is 5.85. The second-order valence-corrected chi connectivity index (χ2v) is 8.01. The molecule has 0 atom stereocenters. The molecule has 0 bridgehead atoms. The van der Waals surface area contributed by atoms with Crippen LogP contribution in [0.1, 0.15) is 35.7 Å². The number of hydrogen-bond acceptors (Lipinski definition) is 7. The Kier molecular flexibility index (Phi) is 5.50. The number of nitrogens with zero attached hydrogens (tertiary/aromatic N) is 4. The van der Waals surface area contributed by atoms with E-state index in [1.165, 1.54) is 16.6 Å². The molecular formula is C20H21BrFN5O3. The molecule has 2 heterocycles. The summed E-state index contributed by atoms with van der Waals surface area (Å²) in [5, 5.41) is 14.4. The van der Waals surface area contributed by atoms with Gasteiger partial charge in [-0.15, -0.1) is 5.10 Å². The summed E-state index contributed by atoms with van der Waals surface area (Å²) in [4.78, 5) is 18.9. The van der Waals surface area contributed by atoms with E-state index in [1.54, 1.807) is 19.2 Å². The molecule has 30 heavy (non-hydrogen) atoms. The number of ether oxygens (including phenoxy) is 1. The first-order valence-electron chi connectivity index (χ1n) is 9.61. The molecule has 3 aromatic rings. The Bertz CT molecular complexity index is 1120. The highest BCUT2D eigenvalue weighted by atomic mass is 79.9. The molecule has 0 radical (unpaired) electrons. The maximum atomic E-state index is 14.0. The van der Waals surface area contributed by atoms with E-state index >= 15 is 0 Å². The number of halogens is 2. The monoisotopic (exact) mass is 477 g/mol. The topological polar surface area (TPSA) is 106 Å². The number of carbonyl (C=O) groups is 1. The largest absolute Gasteiger partial charge is 0.508 e. The molecule has 0 amide bonds. The molecule has 3 N–H and O–H groups in total. The molecule has 10 heteroatoms. The van der Waals surface area contributed by atoms with Crippen molar-refractivity contribution in [1.82, 2.24) is 14.6 Å². The Balaban J connectivity index is 1.75. The molecule has 158 valence electrons. The number of aromatic nitrogens is 3. The molecule has 2 aromatic heterocycles. The first-order valence-corrected chi connectivity index (χ1v) is 10.4. The minimum atomic E-state index is -0.589. The molecule has 0 aliphatic heterocycles. The lowest BCUT2D eigenvalue weighted by atomic mass is 10.1. The Morgan fingerprint density at radius 1 is 1.43 bits per heavy atom. The number of benzene rings is 1. The lowest BCUT2D eigenvalue weighted by Gasteiger charge is -2.25. The van der Waals surface area contributed by atoms with Crippen molar-refractivity contribution in [2.75, 3.05) is 23.8 Å². The molecule has 0 spiro atoms. The summed E-state index contributed by atoms with van der Waals surface area (Å²) >= 11 is 3.23. The van der Waals surface area contributed by atoms with Crippen LogP contribution in [0.4, 0.5) is 16.0 Å². The van der Waals surface area contributed by atoms with Gasteiger partial charge in [0, 0.05) is 24.8 Å². The smallest absolute Gasteiger partial charge is 0.345 e. The van der Waals surface area contributed by atoms with Crippen molar-refractivity contribution in [3.8, 4) is 5.75 Å². The van der Waals surface area contributed by atoms with E-state index in [2.05, 4.69) is 26.0 Å². The summed E-state index contributed by atoms with van der Waals surface area (Å²) in [5.74, 6) is 0.0513. The number of rotatable bonds is 7. The minimum absolute atomic E-state index is 0.00837. The van der Waals surface area contributed by atoms with Crippen LogP contribution >= 0.6 is 15.9 Å². The van der Waals surface area contributed by atoms with Crippen LogP contribution in [0.3, 0.4) is 0 Å². The van der Waals surface area contributed by atoms with E-state index in [0.717, 1.165) is 12.8 Å². The van der Waals surface area contributed by atoms with Crippen molar-refractivity contribution in [2.24, 2.45) is 5.92 Å². The highest BCUT2D eigenvalue weighted by molar-refractivity contribution is 9.10. The number of fused-ring (bicyclic) bond motifs is 1. The predicted molar refractivity (Wildman–Crippen MR) is 113 cm³/mol. The van der Waals surface area contributed by atoms with Gasteiger partial charge < -0.3 is 20.5 Å². The first-order chi connectivity index (χ1) is 14.4. The highest BCUT2D eigenvalue weighted by Gasteiger charge is 2.28. The van der Waals surface area contributed by atoms with Gasteiger partial charge in [-0.25, -0.2) is 18.7 Å². The molecule has 0 unspecified atom stereocenters. The van der Waals surface area contributed by atoms with Crippen LogP contribution in [0.15, 0.2) is 28.9 Å². The Labute approximate surface area is 180 Å². The Morgan fingerprint density at radius 3 is 2.90 bits per heavy atom. The van der Waals surface area contributed by atoms with Gasteiger partial charge in [-0.2, -0.15) is 0 Å². The maximum Gasteiger partial charge on any atom is 0.345 e. The summed E-state index contributed by atoms with van der Waals surface area (Å²) in [7, 11) is 0. The van der Waals surface area contributed by atoms with Crippen LogP contribution in [0.2, 0.25) is 0 Å². The normalized spacial score (nSPS) is 13.6. The number of anilines is 2. The molecule has 1 fully saturated rings. The number of phenolic OH excluding ortho intramolecular Hbond substituents is 1. The molecule has 1 saturated carbocycles. The minimum Gasteiger partial charge on any atom is -0.508 e. The Hall–Kier alpha value is -2.88. The number of carbonyl (C=O) groups excluding carboxylic acids is 1. The summed E-state index contributed by atoms with van der Waals surface area (Å²) in [5.41, 5.74) is 6.74. The quantitative estimate of drug-likeness (QED) is 0.501. The predicted octanol–water partition coefficient (Wildman–Crippen LogP) is 3.51. The molecular weight excluding hydrogens is 457 g/mol. The van der Waals surface area contributed by atoms with E-state index in [1.807, 2.05) is 4.90 Å². The number of hydrogen-bond donors (Lipinski definition) is 2. The summed E-state index contributed by atoms with van der Waals surface area (Å²) in [6.07, 6.45) is 3.86. The van der Waals surface area contributed by atoms with Crippen LogP contribution < -0.4 is 10.6 Å². The van der Waals surface area contributed by atoms with Crippen LogP contribution in [0.5, 0.6) is 5.75 Å². The van der Waals surface area contributed by atoms with Crippen LogP contribution in [-0.2, 0) is 11.3 Å². The van der Waals surface area contributed by atoms with Crippen molar-refractivity contribution in [3.05, 3.63) is 45.8 Å². The number of nitrogen functional groups attached to an aromatic ring is 1. The number of phenols is 1. The highest BCUT2D eigenvalue weighted by Crippen LogP contribution is 2.35. The van der Waals surface area contributed by atoms with E-state index < -0.39 is 11.8 Å². The molecule has 8 nitrogen and oxygen atoms in total. The third-order valence-electron chi connectivity index (χ3n) is 5.00. The Morgan fingerprint density at radius 2 is 2.20 bits per heavy atom. The van der Waals surface area contributed by atoms with Crippen molar-refractivity contribution in [3.63, 3.8) is 0 Å². The van der Waals surface area contributed by atoms with Crippen LogP contribution in [-0.4, -0.2) is 38.8 Å². The summed E-state index contributed by atoms with van der Waals surface area (Å²) in [6.45, 7) is 2.83. The zero-order valence-electron chi connectivity index (χ0n) is 16.3. The second kappa shape index (κ2) is 8.10.